The molecular formula is C14H15ClO4. The van der Waals surface area contributed by atoms with Gasteiger partial charge in [-0.05, 0) is 25.1 Å². The highest BCUT2D eigenvalue weighted by Crippen LogP contribution is 2.32. The first-order valence-corrected chi connectivity index (χ1v) is 6.17. The summed E-state index contributed by atoms with van der Waals surface area (Å²) in [4.78, 5) is 10.6. The Labute approximate surface area is 116 Å². The Balaban J connectivity index is 3.05. The SMILES string of the molecule is CCOc1cccc(/C=C/C(=O)O)c1OC/C=C/Cl. The van der Waals surface area contributed by atoms with E-state index in [0.717, 1.165) is 6.08 Å². The fourth-order valence-corrected chi connectivity index (χ4v) is 1.49. The monoisotopic (exact) mass is 282 g/mol. The molecule has 0 aliphatic heterocycles. The van der Waals surface area contributed by atoms with Crippen LogP contribution in [0.15, 0.2) is 35.9 Å². The highest BCUT2D eigenvalue weighted by molar-refractivity contribution is 6.25. The Morgan fingerprint density at radius 3 is 2.84 bits per heavy atom. The number of hydrogen-bond acceptors (Lipinski definition) is 3. The van der Waals surface area contributed by atoms with E-state index in [4.69, 9.17) is 26.2 Å². The standard InChI is InChI=1S/C14H15ClO4/c1-2-18-12-6-3-5-11(7-8-13(16)17)14(12)19-10-4-9-15/h3-9H,2,10H2,1H3,(H,16,17)/b8-7+,9-4+. The van der Waals surface area contributed by atoms with Gasteiger partial charge in [-0.2, -0.15) is 0 Å². The van der Waals surface area contributed by atoms with E-state index in [2.05, 4.69) is 0 Å². The summed E-state index contributed by atoms with van der Waals surface area (Å²) in [5, 5.41) is 8.66. The van der Waals surface area contributed by atoms with E-state index in [1.165, 1.54) is 11.6 Å². The molecule has 102 valence electrons. The zero-order valence-corrected chi connectivity index (χ0v) is 11.3. The number of rotatable bonds is 7. The van der Waals surface area contributed by atoms with E-state index in [1.54, 1.807) is 24.3 Å². The smallest absolute Gasteiger partial charge is 0.328 e. The first kappa shape index (κ1) is 15.1. The fourth-order valence-electron chi connectivity index (χ4n) is 1.42. The van der Waals surface area contributed by atoms with Gasteiger partial charge < -0.3 is 14.6 Å². The molecule has 0 aliphatic carbocycles. The van der Waals surface area contributed by atoms with E-state index < -0.39 is 5.97 Å². The molecule has 5 heteroatoms. The molecule has 1 rings (SSSR count). The number of carbonyl (C=O) groups is 1. The van der Waals surface area contributed by atoms with Crippen LogP contribution in [0, 0.1) is 0 Å². The molecule has 0 radical (unpaired) electrons. The average molecular weight is 283 g/mol. The Kier molecular flexibility index (Phi) is 6.53. The van der Waals surface area contributed by atoms with Gasteiger partial charge in [0.15, 0.2) is 11.5 Å². The lowest BCUT2D eigenvalue weighted by Crippen LogP contribution is -2.00. The Morgan fingerprint density at radius 2 is 2.21 bits per heavy atom. The summed E-state index contributed by atoms with van der Waals surface area (Å²) >= 11 is 5.43. The number of carboxylic acids is 1. The van der Waals surface area contributed by atoms with Crippen LogP contribution < -0.4 is 9.47 Å². The van der Waals surface area contributed by atoms with Gasteiger partial charge >= 0.3 is 5.97 Å². The molecule has 1 N–H and O–H groups in total. The molecule has 0 spiro atoms. The van der Waals surface area contributed by atoms with Crippen molar-refractivity contribution in [3.8, 4) is 11.5 Å². The largest absolute Gasteiger partial charge is 0.490 e. The number of halogens is 1. The normalized spacial score (nSPS) is 11.1. The third-order valence-electron chi connectivity index (χ3n) is 2.13. The van der Waals surface area contributed by atoms with Gasteiger partial charge in [-0.15, -0.1) is 0 Å². The third kappa shape index (κ3) is 5.06. The molecule has 0 aromatic heterocycles. The molecule has 19 heavy (non-hydrogen) atoms. The van der Waals surface area contributed by atoms with Gasteiger partial charge in [0.05, 0.1) is 6.61 Å². The van der Waals surface area contributed by atoms with E-state index in [-0.39, 0.29) is 6.61 Å². The lowest BCUT2D eigenvalue weighted by atomic mass is 10.1. The fraction of sp³-hybridized carbons (Fsp3) is 0.214. The molecule has 0 bridgehead atoms. The minimum absolute atomic E-state index is 0.279. The number of aliphatic carboxylic acids is 1. The van der Waals surface area contributed by atoms with Crippen LogP contribution in [0.3, 0.4) is 0 Å². The first-order valence-electron chi connectivity index (χ1n) is 5.73. The van der Waals surface area contributed by atoms with Crippen molar-refractivity contribution in [1.29, 1.82) is 0 Å². The zero-order valence-electron chi connectivity index (χ0n) is 10.5. The summed E-state index contributed by atoms with van der Waals surface area (Å²) < 4.78 is 11.0. The van der Waals surface area contributed by atoms with Crippen LogP contribution in [-0.4, -0.2) is 24.3 Å². The summed E-state index contributed by atoms with van der Waals surface area (Å²) in [6, 6.07) is 5.29. The summed E-state index contributed by atoms with van der Waals surface area (Å²) in [5.41, 5.74) is 1.99. The molecule has 0 atom stereocenters. The second-order valence-corrected chi connectivity index (χ2v) is 3.70. The number of benzene rings is 1. The van der Waals surface area contributed by atoms with Crippen molar-refractivity contribution in [2.75, 3.05) is 13.2 Å². The molecule has 0 saturated carbocycles. The number of ether oxygens (including phenoxy) is 2. The van der Waals surface area contributed by atoms with Gasteiger partial charge in [-0.25, -0.2) is 4.79 Å². The summed E-state index contributed by atoms with van der Waals surface area (Å²) in [6.07, 6.45) is 4.15. The van der Waals surface area contributed by atoms with Gasteiger partial charge in [0, 0.05) is 17.2 Å². The number of hydrogen-bond donors (Lipinski definition) is 1. The van der Waals surface area contributed by atoms with E-state index >= 15 is 0 Å². The Hall–Kier alpha value is -1.94. The van der Waals surface area contributed by atoms with Crippen molar-refractivity contribution in [2.24, 2.45) is 0 Å². The van der Waals surface area contributed by atoms with Gasteiger partial charge in [0.2, 0.25) is 0 Å². The predicted molar refractivity (Wildman–Crippen MR) is 74.8 cm³/mol. The van der Waals surface area contributed by atoms with Crippen molar-refractivity contribution in [2.45, 2.75) is 6.92 Å². The minimum atomic E-state index is -1.02. The van der Waals surface area contributed by atoms with Gasteiger partial charge in [0.25, 0.3) is 0 Å². The predicted octanol–water partition coefficient (Wildman–Crippen LogP) is 3.31. The average Bonchev–Trinajstić information content (AvgIpc) is 2.39. The second-order valence-electron chi connectivity index (χ2n) is 3.45. The molecule has 0 fully saturated rings. The maximum absolute atomic E-state index is 10.6. The van der Waals surface area contributed by atoms with E-state index in [1.807, 2.05) is 6.92 Å². The lowest BCUT2D eigenvalue weighted by Gasteiger charge is -2.13. The van der Waals surface area contributed by atoms with Crippen LogP contribution in [0.4, 0.5) is 0 Å². The molecule has 0 amide bonds. The highest BCUT2D eigenvalue weighted by Gasteiger charge is 2.08. The maximum Gasteiger partial charge on any atom is 0.328 e. The molecular weight excluding hydrogens is 268 g/mol. The van der Waals surface area contributed by atoms with Gasteiger partial charge in [0.1, 0.15) is 6.61 Å². The molecule has 1 aromatic rings. The van der Waals surface area contributed by atoms with Crippen LogP contribution in [-0.2, 0) is 4.79 Å². The topological polar surface area (TPSA) is 55.8 Å². The maximum atomic E-state index is 10.6. The summed E-state index contributed by atoms with van der Waals surface area (Å²) in [7, 11) is 0. The van der Waals surface area contributed by atoms with Gasteiger partial charge in [-0.3, -0.25) is 0 Å². The van der Waals surface area contributed by atoms with Crippen LogP contribution in [0.1, 0.15) is 12.5 Å². The summed E-state index contributed by atoms with van der Waals surface area (Å²) in [5.74, 6) is 0.0445. The lowest BCUT2D eigenvalue weighted by molar-refractivity contribution is -0.131. The third-order valence-corrected chi connectivity index (χ3v) is 2.31. The minimum Gasteiger partial charge on any atom is -0.490 e. The number of carboxylic acid groups (broad SMARTS) is 1. The van der Waals surface area contributed by atoms with Crippen LogP contribution in [0.5, 0.6) is 11.5 Å². The summed E-state index contributed by atoms with van der Waals surface area (Å²) in [6.45, 7) is 2.64. The van der Waals surface area contributed by atoms with Crippen LogP contribution >= 0.6 is 11.6 Å². The Morgan fingerprint density at radius 1 is 1.42 bits per heavy atom. The van der Waals surface area contributed by atoms with E-state index in [9.17, 15) is 4.79 Å². The van der Waals surface area contributed by atoms with Crippen LogP contribution in [0.25, 0.3) is 6.08 Å². The van der Waals surface area contributed by atoms with Crippen molar-refractivity contribution < 1.29 is 19.4 Å². The molecule has 4 nitrogen and oxygen atoms in total. The molecule has 0 heterocycles. The molecule has 0 unspecified atom stereocenters. The molecule has 1 aromatic carbocycles. The molecule has 0 aliphatic rings. The highest BCUT2D eigenvalue weighted by atomic mass is 35.5. The van der Waals surface area contributed by atoms with Crippen molar-refractivity contribution >= 4 is 23.6 Å². The van der Waals surface area contributed by atoms with Crippen LogP contribution in [0.2, 0.25) is 0 Å². The van der Waals surface area contributed by atoms with Crippen molar-refractivity contribution in [3.63, 3.8) is 0 Å². The zero-order chi connectivity index (χ0) is 14.1. The quantitative estimate of drug-likeness (QED) is 0.780. The van der Waals surface area contributed by atoms with Crippen molar-refractivity contribution in [3.05, 3.63) is 41.4 Å². The first-order chi connectivity index (χ1) is 9.19. The van der Waals surface area contributed by atoms with Crippen molar-refractivity contribution in [1.82, 2.24) is 0 Å². The van der Waals surface area contributed by atoms with E-state index in [0.29, 0.717) is 23.7 Å². The van der Waals surface area contributed by atoms with Gasteiger partial charge in [-0.1, -0.05) is 23.7 Å². The Bertz CT molecular complexity index is 480. The number of para-hydroxylation sites is 1. The second kappa shape index (κ2) is 8.21. The molecule has 0 saturated heterocycles.